The number of para-hydroxylation sites is 1. The van der Waals surface area contributed by atoms with Gasteiger partial charge in [-0.15, -0.1) is 0 Å². The molecule has 3 aromatic rings. The highest BCUT2D eigenvalue weighted by atomic mass is 19.1. The molecule has 0 fully saturated rings. The molecule has 1 amide bonds. The number of amides is 1. The van der Waals surface area contributed by atoms with Gasteiger partial charge in [0, 0.05) is 18.3 Å². The van der Waals surface area contributed by atoms with Gasteiger partial charge in [-0.05, 0) is 29.8 Å². The van der Waals surface area contributed by atoms with Gasteiger partial charge in [0.25, 0.3) is 0 Å². The normalized spacial score (nSPS) is 10.4. The van der Waals surface area contributed by atoms with Gasteiger partial charge in [-0.3, -0.25) is 4.79 Å². The highest BCUT2D eigenvalue weighted by molar-refractivity contribution is 5.94. The molecular weight excluding hydrogens is 334 g/mol. The molecule has 132 valence electrons. The van der Waals surface area contributed by atoms with Crippen molar-refractivity contribution in [3.63, 3.8) is 0 Å². The summed E-state index contributed by atoms with van der Waals surface area (Å²) in [6.07, 6.45) is 0. The Bertz CT molecular complexity index is 870. The highest BCUT2D eigenvalue weighted by Gasteiger charge is 2.14. The quantitative estimate of drug-likeness (QED) is 0.703. The average Bonchev–Trinajstić information content (AvgIpc) is 2.65. The van der Waals surface area contributed by atoms with Gasteiger partial charge in [-0.25, -0.2) is 8.78 Å². The summed E-state index contributed by atoms with van der Waals surface area (Å²) in [4.78, 5) is 14.3. The van der Waals surface area contributed by atoms with E-state index in [1.54, 1.807) is 0 Å². The monoisotopic (exact) mass is 352 g/mol. The molecule has 26 heavy (non-hydrogen) atoms. The van der Waals surface area contributed by atoms with Crippen molar-refractivity contribution in [3.8, 4) is 0 Å². The Kier molecular flexibility index (Phi) is 5.59. The minimum absolute atomic E-state index is 0.0374. The predicted octanol–water partition coefficient (Wildman–Crippen LogP) is 4.61. The second-order valence-corrected chi connectivity index (χ2v) is 5.85. The van der Waals surface area contributed by atoms with Crippen molar-refractivity contribution in [2.75, 3.05) is 16.8 Å². The largest absolute Gasteiger partial charge is 0.358 e. The number of nitrogens with one attached hydrogen (secondary N) is 1. The number of carbonyl (C=O) groups excluding carboxylic acids is 1. The standard InChI is InChI=1S/C21H18F2N2O/c22-17-11-12-20(19(23)13-17)24-21(26)15-25(18-9-5-2-6-10-18)14-16-7-3-1-4-8-16/h1-13H,14-15H2,(H,24,26). The number of carbonyl (C=O) groups is 1. The van der Waals surface area contributed by atoms with Crippen LogP contribution in [-0.4, -0.2) is 12.5 Å². The lowest BCUT2D eigenvalue weighted by Gasteiger charge is -2.24. The fourth-order valence-corrected chi connectivity index (χ4v) is 2.64. The van der Waals surface area contributed by atoms with Crippen molar-refractivity contribution >= 4 is 17.3 Å². The molecule has 0 unspecified atom stereocenters. The van der Waals surface area contributed by atoms with E-state index in [4.69, 9.17) is 0 Å². The van der Waals surface area contributed by atoms with Crippen LogP contribution in [0.3, 0.4) is 0 Å². The Morgan fingerprint density at radius 2 is 1.54 bits per heavy atom. The third-order valence-electron chi connectivity index (χ3n) is 3.88. The molecule has 3 nitrogen and oxygen atoms in total. The first-order valence-corrected chi connectivity index (χ1v) is 8.20. The van der Waals surface area contributed by atoms with Crippen LogP contribution in [0.15, 0.2) is 78.9 Å². The van der Waals surface area contributed by atoms with Crippen LogP contribution in [0.2, 0.25) is 0 Å². The molecule has 0 aromatic heterocycles. The molecule has 1 N–H and O–H groups in total. The predicted molar refractivity (Wildman–Crippen MR) is 98.9 cm³/mol. The van der Waals surface area contributed by atoms with Gasteiger partial charge < -0.3 is 10.2 Å². The Balaban J connectivity index is 1.75. The van der Waals surface area contributed by atoms with Gasteiger partial charge in [-0.2, -0.15) is 0 Å². The van der Waals surface area contributed by atoms with Crippen molar-refractivity contribution in [3.05, 3.63) is 96.1 Å². The molecule has 3 aromatic carbocycles. The summed E-state index contributed by atoms with van der Waals surface area (Å²) in [6, 6.07) is 22.3. The maximum absolute atomic E-state index is 13.7. The van der Waals surface area contributed by atoms with Gasteiger partial charge in [0.1, 0.15) is 11.6 Å². The lowest BCUT2D eigenvalue weighted by molar-refractivity contribution is -0.115. The van der Waals surface area contributed by atoms with Crippen molar-refractivity contribution in [2.45, 2.75) is 6.54 Å². The SMILES string of the molecule is O=C(CN(Cc1ccccc1)c1ccccc1)Nc1ccc(F)cc1F. The molecular formula is C21H18F2N2O. The molecule has 0 saturated heterocycles. The summed E-state index contributed by atoms with van der Waals surface area (Å²) in [7, 11) is 0. The number of hydrogen-bond donors (Lipinski definition) is 1. The third kappa shape index (κ3) is 4.66. The van der Waals surface area contributed by atoms with Crippen LogP contribution in [0.25, 0.3) is 0 Å². The van der Waals surface area contributed by atoms with E-state index < -0.39 is 11.6 Å². The third-order valence-corrected chi connectivity index (χ3v) is 3.88. The van der Waals surface area contributed by atoms with E-state index in [1.807, 2.05) is 65.6 Å². The first-order valence-electron chi connectivity index (χ1n) is 8.20. The van der Waals surface area contributed by atoms with Gasteiger partial charge in [0.05, 0.1) is 12.2 Å². The van der Waals surface area contributed by atoms with Crippen LogP contribution >= 0.6 is 0 Å². The Labute approximate surface area is 150 Å². The molecule has 3 rings (SSSR count). The molecule has 5 heteroatoms. The Hall–Kier alpha value is -3.21. The minimum atomic E-state index is -0.798. The van der Waals surface area contributed by atoms with E-state index in [9.17, 15) is 13.6 Å². The van der Waals surface area contributed by atoms with Crippen molar-refractivity contribution < 1.29 is 13.6 Å². The fourth-order valence-electron chi connectivity index (χ4n) is 2.64. The van der Waals surface area contributed by atoms with Crippen LogP contribution in [0.1, 0.15) is 5.56 Å². The van der Waals surface area contributed by atoms with Crippen LogP contribution in [0, 0.1) is 11.6 Å². The second-order valence-electron chi connectivity index (χ2n) is 5.85. The summed E-state index contributed by atoms with van der Waals surface area (Å²) < 4.78 is 26.7. The lowest BCUT2D eigenvalue weighted by atomic mass is 10.2. The molecule has 0 heterocycles. The first kappa shape index (κ1) is 17.6. The van der Waals surface area contributed by atoms with Crippen LogP contribution < -0.4 is 10.2 Å². The fraction of sp³-hybridized carbons (Fsp3) is 0.0952. The summed E-state index contributed by atoms with van der Waals surface area (Å²) in [5.74, 6) is -1.86. The smallest absolute Gasteiger partial charge is 0.243 e. The molecule has 0 atom stereocenters. The van der Waals surface area contributed by atoms with Crippen LogP contribution in [0.5, 0.6) is 0 Å². The number of anilines is 2. The molecule has 0 spiro atoms. The van der Waals surface area contributed by atoms with Crippen molar-refractivity contribution in [2.24, 2.45) is 0 Å². The Morgan fingerprint density at radius 1 is 0.885 bits per heavy atom. The van der Waals surface area contributed by atoms with Crippen LogP contribution in [0.4, 0.5) is 20.2 Å². The lowest BCUT2D eigenvalue weighted by Crippen LogP contribution is -2.33. The minimum Gasteiger partial charge on any atom is -0.358 e. The van der Waals surface area contributed by atoms with Gasteiger partial charge in [-0.1, -0.05) is 48.5 Å². The zero-order chi connectivity index (χ0) is 18.4. The molecule has 0 bridgehead atoms. The van der Waals surface area contributed by atoms with E-state index in [2.05, 4.69) is 5.32 Å². The number of rotatable bonds is 6. The van der Waals surface area contributed by atoms with E-state index >= 15 is 0 Å². The zero-order valence-electron chi connectivity index (χ0n) is 14.0. The van der Waals surface area contributed by atoms with E-state index in [0.29, 0.717) is 6.54 Å². The van der Waals surface area contributed by atoms with E-state index in [0.717, 1.165) is 23.4 Å². The van der Waals surface area contributed by atoms with Crippen LogP contribution in [-0.2, 0) is 11.3 Å². The molecule has 0 aliphatic carbocycles. The number of halogens is 2. The van der Waals surface area contributed by atoms with Gasteiger partial charge >= 0.3 is 0 Å². The number of hydrogen-bond acceptors (Lipinski definition) is 2. The molecule has 0 aliphatic rings. The number of benzene rings is 3. The summed E-state index contributed by atoms with van der Waals surface area (Å²) >= 11 is 0. The van der Waals surface area contributed by atoms with Crippen molar-refractivity contribution in [1.29, 1.82) is 0 Å². The molecule has 0 saturated carbocycles. The molecule has 0 radical (unpaired) electrons. The topological polar surface area (TPSA) is 32.3 Å². The summed E-state index contributed by atoms with van der Waals surface area (Å²) in [5.41, 5.74) is 1.90. The average molecular weight is 352 g/mol. The molecule has 0 aliphatic heterocycles. The maximum atomic E-state index is 13.7. The highest BCUT2D eigenvalue weighted by Crippen LogP contribution is 2.18. The first-order chi connectivity index (χ1) is 12.6. The summed E-state index contributed by atoms with van der Waals surface area (Å²) in [5, 5.41) is 2.50. The van der Waals surface area contributed by atoms with E-state index in [-0.39, 0.29) is 18.1 Å². The van der Waals surface area contributed by atoms with Crippen molar-refractivity contribution in [1.82, 2.24) is 0 Å². The maximum Gasteiger partial charge on any atom is 0.243 e. The van der Waals surface area contributed by atoms with Gasteiger partial charge in [0.2, 0.25) is 5.91 Å². The van der Waals surface area contributed by atoms with Gasteiger partial charge in [0.15, 0.2) is 0 Å². The second kappa shape index (κ2) is 8.25. The summed E-state index contributed by atoms with van der Waals surface area (Å²) in [6.45, 7) is 0.569. The Morgan fingerprint density at radius 3 is 2.19 bits per heavy atom. The zero-order valence-corrected chi connectivity index (χ0v) is 14.0. The van der Waals surface area contributed by atoms with E-state index in [1.165, 1.54) is 6.07 Å². The number of nitrogens with zero attached hydrogens (tertiary/aromatic N) is 1.